The van der Waals surface area contributed by atoms with Crippen molar-refractivity contribution >= 4 is 50.7 Å². The number of hydrogen-bond donors (Lipinski definition) is 0. The number of benzene rings is 2. The molecule has 30 heavy (non-hydrogen) atoms. The molecule has 0 bridgehead atoms. The van der Waals surface area contributed by atoms with Crippen LogP contribution in [0.1, 0.15) is 25.3 Å². The molecule has 1 saturated heterocycles. The first-order valence-electron chi connectivity index (χ1n) is 9.65. The summed E-state index contributed by atoms with van der Waals surface area (Å²) >= 11 is 18.5. The van der Waals surface area contributed by atoms with E-state index in [9.17, 15) is 13.2 Å². The van der Waals surface area contributed by atoms with Gasteiger partial charge >= 0.3 is 0 Å². The third-order valence-corrected chi connectivity index (χ3v) is 8.06. The van der Waals surface area contributed by atoms with Gasteiger partial charge in [-0.3, -0.25) is 4.79 Å². The highest BCUT2D eigenvalue weighted by Gasteiger charge is 2.30. The zero-order valence-corrected chi connectivity index (χ0v) is 19.6. The van der Waals surface area contributed by atoms with Crippen molar-refractivity contribution in [3.05, 3.63) is 63.1 Å². The van der Waals surface area contributed by atoms with Gasteiger partial charge < -0.3 is 4.90 Å². The lowest BCUT2D eigenvalue weighted by molar-refractivity contribution is -0.132. The lowest BCUT2D eigenvalue weighted by Gasteiger charge is -2.32. The number of hydrogen-bond acceptors (Lipinski definition) is 3. The molecule has 1 fully saturated rings. The van der Waals surface area contributed by atoms with Gasteiger partial charge in [-0.2, -0.15) is 4.31 Å². The Balaban J connectivity index is 1.92. The second kappa shape index (κ2) is 9.88. The van der Waals surface area contributed by atoms with Crippen molar-refractivity contribution in [1.29, 1.82) is 0 Å². The fourth-order valence-corrected chi connectivity index (χ4v) is 5.35. The molecular formula is C21H23Cl3N2O3S. The quantitative estimate of drug-likeness (QED) is 0.567. The Kier molecular flexibility index (Phi) is 7.69. The highest BCUT2D eigenvalue weighted by molar-refractivity contribution is 7.89. The first-order valence-corrected chi connectivity index (χ1v) is 12.2. The molecule has 3 rings (SSSR count). The smallest absolute Gasteiger partial charge is 0.243 e. The number of halogens is 3. The van der Waals surface area contributed by atoms with Gasteiger partial charge in [0, 0.05) is 40.3 Å². The lowest BCUT2D eigenvalue weighted by atomic mass is 9.99. The Morgan fingerprint density at radius 1 is 1.03 bits per heavy atom. The Hall–Kier alpha value is -1.31. The number of rotatable bonds is 6. The summed E-state index contributed by atoms with van der Waals surface area (Å²) in [5.41, 5.74) is 0.457. The van der Waals surface area contributed by atoms with Crippen LogP contribution >= 0.6 is 34.8 Å². The van der Waals surface area contributed by atoms with Gasteiger partial charge in [0.25, 0.3) is 0 Å². The fraction of sp³-hybridized carbons (Fsp3) is 0.381. The van der Waals surface area contributed by atoms with Crippen LogP contribution in [0.5, 0.6) is 0 Å². The van der Waals surface area contributed by atoms with Gasteiger partial charge in [0.1, 0.15) is 0 Å². The van der Waals surface area contributed by atoms with Crippen LogP contribution in [0.25, 0.3) is 0 Å². The van der Waals surface area contributed by atoms with Crippen molar-refractivity contribution in [3.8, 4) is 0 Å². The van der Waals surface area contributed by atoms with E-state index in [0.29, 0.717) is 39.6 Å². The van der Waals surface area contributed by atoms with Crippen LogP contribution in [-0.4, -0.2) is 43.2 Å². The van der Waals surface area contributed by atoms with E-state index in [0.717, 1.165) is 17.1 Å². The molecular weight excluding hydrogens is 467 g/mol. The average molecular weight is 490 g/mol. The minimum absolute atomic E-state index is 0.0511. The summed E-state index contributed by atoms with van der Waals surface area (Å²) in [6.07, 6.45) is 1.82. The van der Waals surface area contributed by atoms with Crippen LogP contribution in [0.4, 0.5) is 0 Å². The third-order valence-electron chi connectivity index (χ3n) is 5.30. The van der Waals surface area contributed by atoms with Crippen LogP contribution in [0.3, 0.4) is 0 Å². The number of sulfonamides is 1. The Morgan fingerprint density at radius 3 is 2.17 bits per heavy atom. The number of carbonyl (C=O) groups excluding carboxylic acids is 1. The molecule has 0 aromatic heterocycles. The first-order chi connectivity index (χ1) is 14.2. The van der Waals surface area contributed by atoms with Crippen molar-refractivity contribution in [3.63, 3.8) is 0 Å². The summed E-state index contributed by atoms with van der Waals surface area (Å²) in [4.78, 5) is 14.7. The standard InChI is InChI=1S/C21H23Cl3N2O3S/c1-15-9-11-25(12-10-15)21(27)14-26(13-18-19(23)3-2-4-20(18)24)30(28,29)17-7-5-16(22)6-8-17/h2-8,15H,9-14H2,1H3. The number of nitrogens with zero attached hydrogens (tertiary/aromatic N) is 2. The first kappa shape index (κ1) is 23.4. The van der Waals surface area contributed by atoms with E-state index in [2.05, 4.69) is 6.92 Å². The molecule has 9 heteroatoms. The van der Waals surface area contributed by atoms with Crippen LogP contribution in [0.15, 0.2) is 47.4 Å². The predicted octanol–water partition coefficient (Wildman–Crippen LogP) is 5.10. The minimum atomic E-state index is -3.98. The van der Waals surface area contributed by atoms with Gasteiger partial charge in [-0.05, 0) is 55.2 Å². The highest BCUT2D eigenvalue weighted by Crippen LogP contribution is 2.29. The summed E-state index contributed by atoms with van der Waals surface area (Å²) < 4.78 is 27.9. The van der Waals surface area contributed by atoms with Crippen LogP contribution in [-0.2, 0) is 21.4 Å². The molecule has 1 aliphatic rings. The molecule has 5 nitrogen and oxygen atoms in total. The van der Waals surface area contributed by atoms with E-state index in [1.165, 1.54) is 24.3 Å². The molecule has 1 aliphatic heterocycles. The Labute approximate surface area is 192 Å². The third kappa shape index (κ3) is 5.48. The molecule has 0 N–H and O–H groups in total. The SMILES string of the molecule is CC1CCN(C(=O)CN(Cc2c(Cl)cccc2Cl)S(=O)(=O)c2ccc(Cl)cc2)CC1. The number of likely N-dealkylation sites (tertiary alicyclic amines) is 1. The van der Waals surface area contributed by atoms with Crippen molar-refractivity contribution in [1.82, 2.24) is 9.21 Å². The highest BCUT2D eigenvalue weighted by atomic mass is 35.5. The van der Waals surface area contributed by atoms with Gasteiger partial charge in [-0.1, -0.05) is 47.8 Å². The largest absolute Gasteiger partial charge is 0.342 e. The summed E-state index contributed by atoms with van der Waals surface area (Å²) in [6.45, 7) is 3.00. The van der Waals surface area contributed by atoms with E-state index in [-0.39, 0.29) is 23.9 Å². The van der Waals surface area contributed by atoms with Gasteiger partial charge in [-0.15, -0.1) is 0 Å². The lowest BCUT2D eigenvalue weighted by Crippen LogP contribution is -2.45. The fourth-order valence-electron chi connectivity index (χ4n) is 3.35. The van der Waals surface area contributed by atoms with E-state index < -0.39 is 10.0 Å². The second-order valence-electron chi connectivity index (χ2n) is 7.49. The normalized spacial score (nSPS) is 15.6. The zero-order valence-electron chi connectivity index (χ0n) is 16.5. The van der Waals surface area contributed by atoms with Gasteiger partial charge in [-0.25, -0.2) is 8.42 Å². The molecule has 0 unspecified atom stereocenters. The van der Waals surface area contributed by atoms with Gasteiger partial charge in [0.15, 0.2) is 0 Å². The van der Waals surface area contributed by atoms with E-state index >= 15 is 0 Å². The van der Waals surface area contributed by atoms with Crippen LogP contribution < -0.4 is 0 Å². The summed E-state index contributed by atoms with van der Waals surface area (Å²) in [7, 11) is -3.98. The summed E-state index contributed by atoms with van der Waals surface area (Å²) in [5.74, 6) is 0.326. The zero-order chi connectivity index (χ0) is 21.9. The predicted molar refractivity (Wildman–Crippen MR) is 120 cm³/mol. The molecule has 2 aromatic rings. The topological polar surface area (TPSA) is 57.7 Å². The maximum Gasteiger partial charge on any atom is 0.243 e. The monoisotopic (exact) mass is 488 g/mol. The van der Waals surface area contributed by atoms with Crippen molar-refractivity contribution in [2.24, 2.45) is 5.92 Å². The molecule has 0 saturated carbocycles. The molecule has 162 valence electrons. The maximum absolute atomic E-state index is 13.4. The van der Waals surface area contributed by atoms with Gasteiger partial charge in [0.05, 0.1) is 11.4 Å². The molecule has 0 spiro atoms. The Bertz CT molecular complexity index is 984. The number of amides is 1. The van der Waals surface area contributed by atoms with Gasteiger partial charge in [0.2, 0.25) is 15.9 Å². The molecule has 0 radical (unpaired) electrons. The summed E-state index contributed by atoms with van der Waals surface area (Å²) in [5, 5.41) is 1.12. The van der Waals surface area contributed by atoms with E-state index in [1.54, 1.807) is 23.1 Å². The maximum atomic E-state index is 13.4. The molecule has 2 aromatic carbocycles. The van der Waals surface area contributed by atoms with E-state index in [4.69, 9.17) is 34.8 Å². The summed E-state index contributed by atoms with van der Waals surface area (Å²) in [6, 6.07) is 10.8. The van der Waals surface area contributed by atoms with Crippen molar-refractivity contribution in [2.45, 2.75) is 31.2 Å². The van der Waals surface area contributed by atoms with Crippen molar-refractivity contribution in [2.75, 3.05) is 19.6 Å². The second-order valence-corrected chi connectivity index (χ2v) is 10.7. The van der Waals surface area contributed by atoms with E-state index in [1.807, 2.05) is 0 Å². The molecule has 0 atom stereocenters. The molecule has 0 aliphatic carbocycles. The molecule has 1 heterocycles. The van der Waals surface area contributed by atoms with Crippen LogP contribution in [0, 0.1) is 5.92 Å². The number of carbonyl (C=O) groups is 1. The number of piperidine rings is 1. The average Bonchev–Trinajstić information content (AvgIpc) is 2.70. The minimum Gasteiger partial charge on any atom is -0.342 e. The molecule has 1 amide bonds. The Morgan fingerprint density at radius 2 is 1.60 bits per heavy atom. The van der Waals surface area contributed by atoms with Crippen molar-refractivity contribution < 1.29 is 13.2 Å². The van der Waals surface area contributed by atoms with Crippen LogP contribution in [0.2, 0.25) is 15.1 Å².